The van der Waals surface area contributed by atoms with E-state index in [-0.39, 0.29) is 11.7 Å². The molecule has 0 aliphatic rings. The van der Waals surface area contributed by atoms with Crippen LogP contribution >= 0.6 is 0 Å². The van der Waals surface area contributed by atoms with Crippen LogP contribution in [-0.4, -0.2) is 6.10 Å². The summed E-state index contributed by atoms with van der Waals surface area (Å²) in [7, 11) is 0. The van der Waals surface area contributed by atoms with Gasteiger partial charge in [-0.25, -0.2) is 4.39 Å². The van der Waals surface area contributed by atoms with Gasteiger partial charge in [-0.1, -0.05) is 18.2 Å². The molecule has 0 saturated carbocycles. The van der Waals surface area contributed by atoms with Gasteiger partial charge in [0.1, 0.15) is 17.6 Å². The van der Waals surface area contributed by atoms with Crippen LogP contribution in [0, 0.1) is 17.1 Å². The maximum atomic E-state index is 13.3. The lowest BCUT2D eigenvalue weighted by molar-refractivity contribution is 0.243. The Bertz CT molecular complexity index is 662. The normalized spacial score (nSPS) is 10.2. The molecule has 108 valence electrons. The number of anilines is 1. The monoisotopic (exact) mass is 284 g/mol. The van der Waals surface area contributed by atoms with Crippen LogP contribution in [0.3, 0.4) is 0 Å². The number of hydrogen-bond donors (Lipinski definition) is 1. The molecule has 0 bridgehead atoms. The molecule has 4 heteroatoms. The van der Waals surface area contributed by atoms with Crippen molar-refractivity contribution in [3.8, 4) is 11.8 Å². The topological polar surface area (TPSA) is 45.0 Å². The van der Waals surface area contributed by atoms with E-state index in [9.17, 15) is 4.39 Å². The first kappa shape index (κ1) is 14.9. The molecule has 21 heavy (non-hydrogen) atoms. The van der Waals surface area contributed by atoms with Crippen LogP contribution in [0.5, 0.6) is 5.75 Å². The average Bonchev–Trinajstić information content (AvgIpc) is 2.47. The molecule has 1 N–H and O–H groups in total. The average molecular weight is 284 g/mol. The second kappa shape index (κ2) is 6.76. The maximum absolute atomic E-state index is 13.3. The molecule has 0 fully saturated rings. The fourth-order valence-corrected chi connectivity index (χ4v) is 1.93. The molecule has 0 saturated heterocycles. The molecule has 0 aliphatic carbocycles. The van der Waals surface area contributed by atoms with Crippen molar-refractivity contribution < 1.29 is 9.13 Å². The van der Waals surface area contributed by atoms with Crippen LogP contribution in [-0.2, 0) is 6.54 Å². The minimum Gasteiger partial charge on any atom is -0.489 e. The Labute approximate surface area is 124 Å². The third-order valence-electron chi connectivity index (χ3n) is 2.88. The van der Waals surface area contributed by atoms with E-state index in [2.05, 4.69) is 5.32 Å². The van der Waals surface area contributed by atoms with E-state index in [1.807, 2.05) is 44.2 Å². The number of nitrogens with one attached hydrogen (secondary N) is 1. The minimum absolute atomic E-state index is 0.0565. The molecule has 2 aromatic rings. The molecule has 2 aromatic carbocycles. The quantitative estimate of drug-likeness (QED) is 0.899. The first-order valence-corrected chi connectivity index (χ1v) is 6.78. The first-order chi connectivity index (χ1) is 10.1. The van der Waals surface area contributed by atoms with Crippen LogP contribution in [0.25, 0.3) is 0 Å². The Morgan fingerprint density at radius 2 is 2.00 bits per heavy atom. The molecular formula is C17H17FN2O. The van der Waals surface area contributed by atoms with Crippen molar-refractivity contribution in [2.75, 3.05) is 5.32 Å². The summed E-state index contributed by atoms with van der Waals surface area (Å²) in [6.07, 6.45) is 0.0870. The maximum Gasteiger partial charge on any atom is 0.142 e. The number of nitrogens with zero attached hydrogens (tertiary/aromatic N) is 1. The molecule has 2 rings (SSSR count). The number of rotatable bonds is 5. The van der Waals surface area contributed by atoms with Crippen molar-refractivity contribution in [3.63, 3.8) is 0 Å². The van der Waals surface area contributed by atoms with E-state index in [0.717, 1.165) is 17.0 Å². The van der Waals surface area contributed by atoms with Gasteiger partial charge in [0.2, 0.25) is 0 Å². The summed E-state index contributed by atoms with van der Waals surface area (Å²) in [6.45, 7) is 4.43. The van der Waals surface area contributed by atoms with Gasteiger partial charge in [0, 0.05) is 6.54 Å². The molecule has 0 unspecified atom stereocenters. The highest BCUT2D eigenvalue weighted by Gasteiger charge is 2.06. The van der Waals surface area contributed by atoms with E-state index in [0.29, 0.717) is 6.54 Å². The largest absolute Gasteiger partial charge is 0.489 e. The fourth-order valence-electron chi connectivity index (χ4n) is 1.93. The van der Waals surface area contributed by atoms with Gasteiger partial charge in [-0.05, 0) is 43.7 Å². The number of hydrogen-bond acceptors (Lipinski definition) is 3. The van der Waals surface area contributed by atoms with Gasteiger partial charge in [-0.15, -0.1) is 0 Å². The third-order valence-corrected chi connectivity index (χ3v) is 2.88. The van der Waals surface area contributed by atoms with Crippen molar-refractivity contribution in [1.82, 2.24) is 0 Å². The van der Waals surface area contributed by atoms with Crippen LogP contribution in [0.4, 0.5) is 10.1 Å². The summed E-state index contributed by atoms with van der Waals surface area (Å²) >= 11 is 0. The lowest BCUT2D eigenvalue weighted by Crippen LogP contribution is -2.08. The predicted molar refractivity (Wildman–Crippen MR) is 80.6 cm³/mol. The van der Waals surface area contributed by atoms with E-state index in [4.69, 9.17) is 10.00 Å². The predicted octanol–water partition coefficient (Wildman–Crippen LogP) is 4.10. The van der Waals surface area contributed by atoms with Crippen LogP contribution in [0.15, 0.2) is 42.5 Å². The van der Waals surface area contributed by atoms with Crippen molar-refractivity contribution in [3.05, 3.63) is 59.4 Å². The number of para-hydroxylation sites is 2. The van der Waals surface area contributed by atoms with Gasteiger partial charge in [-0.2, -0.15) is 5.26 Å². The Balaban J connectivity index is 2.12. The lowest BCUT2D eigenvalue weighted by Gasteiger charge is -2.15. The highest BCUT2D eigenvalue weighted by atomic mass is 19.1. The molecule has 0 heterocycles. The molecule has 0 spiro atoms. The van der Waals surface area contributed by atoms with Crippen molar-refractivity contribution in [2.24, 2.45) is 0 Å². The number of benzene rings is 2. The van der Waals surface area contributed by atoms with Gasteiger partial charge < -0.3 is 10.1 Å². The number of ether oxygens (including phenoxy) is 1. The van der Waals surface area contributed by atoms with E-state index < -0.39 is 5.82 Å². The van der Waals surface area contributed by atoms with Gasteiger partial charge in [0.25, 0.3) is 0 Å². The van der Waals surface area contributed by atoms with Crippen molar-refractivity contribution >= 4 is 5.69 Å². The standard InChI is InChI=1S/C17H17FN2O/c1-12(2)21-17-6-4-3-5-16(17)20-11-13-7-8-15(18)14(9-13)10-19/h3-9,12,20H,11H2,1-2H3. The molecule has 0 aliphatic heterocycles. The number of nitriles is 1. The Morgan fingerprint density at radius 3 is 2.71 bits per heavy atom. The fraction of sp³-hybridized carbons (Fsp3) is 0.235. The highest BCUT2D eigenvalue weighted by Crippen LogP contribution is 2.25. The van der Waals surface area contributed by atoms with Crippen LogP contribution in [0.1, 0.15) is 25.0 Å². The second-order valence-electron chi connectivity index (χ2n) is 4.94. The number of halogens is 1. The van der Waals surface area contributed by atoms with E-state index in [1.54, 1.807) is 12.1 Å². The van der Waals surface area contributed by atoms with Gasteiger partial charge in [0.05, 0.1) is 17.4 Å². The lowest BCUT2D eigenvalue weighted by atomic mass is 10.1. The zero-order valence-electron chi connectivity index (χ0n) is 12.1. The Hall–Kier alpha value is -2.54. The highest BCUT2D eigenvalue weighted by molar-refractivity contribution is 5.56. The summed E-state index contributed by atoms with van der Waals surface area (Å²) in [4.78, 5) is 0. The Morgan fingerprint density at radius 1 is 1.24 bits per heavy atom. The summed E-state index contributed by atoms with van der Waals surface area (Å²) in [5.74, 6) is 0.278. The molecular weight excluding hydrogens is 267 g/mol. The van der Waals surface area contributed by atoms with Crippen molar-refractivity contribution in [2.45, 2.75) is 26.5 Å². The zero-order chi connectivity index (χ0) is 15.2. The third kappa shape index (κ3) is 3.96. The van der Waals surface area contributed by atoms with Gasteiger partial charge >= 0.3 is 0 Å². The Kier molecular flexibility index (Phi) is 4.78. The molecule has 0 atom stereocenters. The smallest absolute Gasteiger partial charge is 0.142 e. The zero-order valence-corrected chi connectivity index (χ0v) is 12.1. The summed E-state index contributed by atoms with van der Waals surface area (Å²) in [5.41, 5.74) is 1.77. The van der Waals surface area contributed by atoms with Gasteiger partial charge in [0.15, 0.2) is 0 Å². The summed E-state index contributed by atoms with van der Waals surface area (Å²) in [5, 5.41) is 12.1. The first-order valence-electron chi connectivity index (χ1n) is 6.78. The van der Waals surface area contributed by atoms with E-state index in [1.165, 1.54) is 6.07 Å². The molecule has 0 amide bonds. The van der Waals surface area contributed by atoms with Gasteiger partial charge in [-0.3, -0.25) is 0 Å². The van der Waals surface area contributed by atoms with E-state index >= 15 is 0 Å². The second-order valence-corrected chi connectivity index (χ2v) is 4.94. The molecule has 0 aromatic heterocycles. The minimum atomic E-state index is -0.496. The SMILES string of the molecule is CC(C)Oc1ccccc1NCc1ccc(F)c(C#N)c1. The molecule has 0 radical (unpaired) electrons. The van der Waals surface area contributed by atoms with Crippen molar-refractivity contribution in [1.29, 1.82) is 5.26 Å². The summed E-state index contributed by atoms with van der Waals surface area (Å²) < 4.78 is 19.0. The van der Waals surface area contributed by atoms with Crippen LogP contribution < -0.4 is 10.1 Å². The van der Waals surface area contributed by atoms with Crippen LogP contribution in [0.2, 0.25) is 0 Å². The molecule has 3 nitrogen and oxygen atoms in total. The summed E-state index contributed by atoms with van der Waals surface area (Å²) in [6, 6.07) is 14.0.